The SMILES string of the molecule is CCOC(C)(CC)c1nc(C)c(F)c(=O)[nH]1. The molecule has 0 spiro atoms. The zero-order valence-electron chi connectivity index (χ0n) is 10.1. The molecule has 0 aliphatic carbocycles. The van der Waals surface area contributed by atoms with E-state index in [-0.39, 0.29) is 5.69 Å². The Morgan fingerprint density at radius 1 is 1.50 bits per heavy atom. The number of nitrogens with one attached hydrogen (secondary N) is 1. The van der Waals surface area contributed by atoms with E-state index in [1.54, 1.807) is 0 Å². The molecule has 0 fully saturated rings. The molecule has 0 saturated heterocycles. The molecule has 0 aliphatic rings. The van der Waals surface area contributed by atoms with Crippen molar-refractivity contribution in [1.29, 1.82) is 0 Å². The molecule has 0 radical (unpaired) electrons. The van der Waals surface area contributed by atoms with Gasteiger partial charge < -0.3 is 9.72 Å². The van der Waals surface area contributed by atoms with E-state index in [1.807, 2.05) is 20.8 Å². The predicted molar refractivity (Wildman–Crippen MR) is 58.8 cm³/mol. The van der Waals surface area contributed by atoms with Crippen LogP contribution in [-0.2, 0) is 10.3 Å². The van der Waals surface area contributed by atoms with E-state index in [9.17, 15) is 9.18 Å². The summed E-state index contributed by atoms with van der Waals surface area (Å²) in [5, 5.41) is 0. The number of aromatic nitrogens is 2. The normalized spacial score (nSPS) is 14.8. The van der Waals surface area contributed by atoms with Crippen LogP contribution in [0.15, 0.2) is 4.79 Å². The van der Waals surface area contributed by atoms with E-state index in [4.69, 9.17) is 4.74 Å². The van der Waals surface area contributed by atoms with Crippen LogP contribution in [0.5, 0.6) is 0 Å². The van der Waals surface area contributed by atoms with Crippen molar-refractivity contribution in [3.8, 4) is 0 Å². The number of nitrogens with zero attached hydrogens (tertiary/aromatic N) is 1. The Kier molecular flexibility index (Phi) is 3.80. The highest BCUT2D eigenvalue weighted by Crippen LogP contribution is 2.25. The second-order valence-electron chi connectivity index (χ2n) is 3.83. The molecule has 1 N–H and O–H groups in total. The quantitative estimate of drug-likeness (QED) is 0.856. The number of H-pyrrole nitrogens is 1. The second-order valence-corrected chi connectivity index (χ2v) is 3.83. The van der Waals surface area contributed by atoms with E-state index in [1.165, 1.54) is 6.92 Å². The Bertz CT molecular complexity index is 430. The van der Waals surface area contributed by atoms with Gasteiger partial charge in [-0.1, -0.05) is 6.92 Å². The summed E-state index contributed by atoms with van der Waals surface area (Å²) < 4.78 is 18.7. The van der Waals surface area contributed by atoms with Crippen LogP contribution >= 0.6 is 0 Å². The summed E-state index contributed by atoms with van der Waals surface area (Å²) >= 11 is 0. The van der Waals surface area contributed by atoms with E-state index in [0.717, 1.165) is 0 Å². The van der Waals surface area contributed by atoms with Crippen molar-refractivity contribution < 1.29 is 9.13 Å². The molecule has 1 rings (SSSR count). The first-order chi connectivity index (χ1) is 7.44. The standard InChI is InChI=1S/C11H17FN2O2/c1-5-11(4,16-6-2)10-13-7(3)8(12)9(15)14-10/h5-6H2,1-4H3,(H,13,14,15). The molecule has 0 amide bonds. The zero-order valence-corrected chi connectivity index (χ0v) is 10.1. The van der Waals surface area contributed by atoms with Gasteiger partial charge in [-0.2, -0.15) is 4.39 Å². The Morgan fingerprint density at radius 3 is 2.56 bits per heavy atom. The molecular formula is C11H17FN2O2. The number of ether oxygens (including phenoxy) is 1. The molecule has 0 bridgehead atoms. The first kappa shape index (κ1) is 12.8. The number of halogens is 1. The lowest BCUT2D eigenvalue weighted by atomic mass is 10.0. The fraction of sp³-hybridized carbons (Fsp3) is 0.636. The van der Waals surface area contributed by atoms with Crippen LogP contribution in [-0.4, -0.2) is 16.6 Å². The highest BCUT2D eigenvalue weighted by atomic mass is 19.1. The third-order valence-corrected chi connectivity index (χ3v) is 2.67. The van der Waals surface area contributed by atoms with Crippen LogP contribution in [0.3, 0.4) is 0 Å². The van der Waals surface area contributed by atoms with Gasteiger partial charge in [-0.15, -0.1) is 0 Å². The molecule has 90 valence electrons. The summed E-state index contributed by atoms with van der Waals surface area (Å²) in [5.74, 6) is -0.459. The van der Waals surface area contributed by atoms with Gasteiger partial charge in [0.2, 0.25) is 5.82 Å². The maximum Gasteiger partial charge on any atom is 0.287 e. The van der Waals surface area contributed by atoms with Gasteiger partial charge in [0, 0.05) is 6.61 Å². The molecule has 1 aromatic heterocycles. The summed E-state index contributed by atoms with van der Waals surface area (Å²) in [4.78, 5) is 17.8. The van der Waals surface area contributed by atoms with E-state index >= 15 is 0 Å². The number of aromatic amines is 1. The van der Waals surface area contributed by atoms with Crippen LogP contribution in [0.2, 0.25) is 0 Å². The van der Waals surface area contributed by atoms with E-state index in [0.29, 0.717) is 18.9 Å². The van der Waals surface area contributed by atoms with Crippen molar-refractivity contribution in [3.05, 3.63) is 27.7 Å². The van der Waals surface area contributed by atoms with Crippen LogP contribution < -0.4 is 5.56 Å². The minimum absolute atomic E-state index is 0.0955. The lowest BCUT2D eigenvalue weighted by Crippen LogP contribution is -2.32. The van der Waals surface area contributed by atoms with Crippen LogP contribution in [0.4, 0.5) is 4.39 Å². The van der Waals surface area contributed by atoms with E-state index in [2.05, 4.69) is 9.97 Å². The lowest BCUT2D eigenvalue weighted by molar-refractivity contribution is -0.0394. The number of hydrogen-bond donors (Lipinski definition) is 1. The highest BCUT2D eigenvalue weighted by Gasteiger charge is 2.28. The van der Waals surface area contributed by atoms with Crippen LogP contribution in [0.1, 0.15) is 38.7 Å². The summed E-state index contributed by atoms with van der Waals surface area (Å²) in [7, 11) is 0. The molecule has 4 nitrogen and oxygen atoms in total. The van der Waals surface area contributed by atoms with Crippen LogP contribution in [0, 0.1) is 12.7 Å². The van der Waals surface area contributed by atoms with Gasteiger partial charge in [0.1, 0.15) is 11.4 Å². The minimum atomic E-state index is -0.835. The second kappa shape index (κ2) is 4.74. The third kappa shape index (κ3) is 2.29. The van der Waals surface area contributed by atoms with Gasteiger partial charge in [0.25, 0.3) is 5.56 Å². The van der Waals surface area contributed by atoms with E-state index < -0.39 is 17.0 Å². The molecule has 0 aliphatic heterocycles. The number of aryl methyl sites for hydroxylation is 1. The van der Waals surface area contributed by atoms with Gasteiger partial charge in [-0.25, -0.2) is 4.98 Å². The van der Waals surface area contributed by atoms with Gasteiger partial charge >= 0.3 is 0 Å². The summed E-state index contributed by atoms with van der Waals surface area (Å²) in [6.45, 7) is 7.59. The van der Waals surface area contributed by atoms with Gasteiger partial charge in [0.05, 0.1) is 5.69 Å². The number of rotatable bonds is 4. The van der Waals surface area contributed by atoms with Crippen molar-refractivity contribution in [2.45, 2.75) is 39.7 Å². The average Bonchev–Trinajstić information content (AvgIpc) is 2.25. The first-order valence-electron chi connectivity index (χ1n) is 5.35. The van der Waals surface area contributed by atoms with Gasteiger partial charge in [-0.05, 0) is 27.2 Å². The topological polar surface area (TPSA) is 55.0 Å². The summed E-state index contributed by atoms with van der Waals surface area (Å²) in [6, 6.07) is 0. The van der Waals surface area contributed by atoms with Gasteiger partial charge in [0.15, 0.2) is 0 Å². The largest absolute Gasteiger partial charge is 0.368 e. The molecular weight excluding hydrogens is 211 g/mol. The lowest BCUT2D eigenvalue weighted by Gasteiger charge is -2.27. The average molecular weight is 228 g/mol. The number of hydrogen-bond acceptors (Lipinski definition) is 3. The Balaban J connectivity index is 3.27. The van der Waals surface area contributed by atoms with Crippen molar-refractivity contribution in [2.24, 2.45) is 0 Å². The molecule has 0 saturated carbocycles. The Labute approximate surface area is 93.9 Å². The summed E-state index contributed by atoms with van der Waals surface area (Å²) in [6.07, 6.45) is 0.648. The zero-order chi connectivity index (χ0) is 12.3. The van der Waals surface area contributed by atoms with Crippen molar-refractivity contribution in [1.82, 2.24) is 9.97 Å². The molecule has 16 heavy (non-hydrogen) atoms. The molecule has 0 aromatic carbocycles. The third-order valence-electron chi connectivity index (χ3n) is 2.67. The Hall–Kier alpha value is -1.23. The highest BCUT2D eigenvalue weighted by molar-refractivity contribution is 5.08. The van der Waals surface area contributed by atoms with Crippen molar-refractivity contribution in [3.63, 3.8) is 0 Å². The summed E-state index contributed by atoms with van der Waals surface area (Å²) in [5.41, 5.74) is -1.33. The Morgan fingerprint density at radius 2 is 2.12 bits per heavy atom. The van der Waals surface area contributed by atoms with Crippen molar-refractivity contribution >= 4 is 0 Å². The molecule has 5 heteroatoms. The predicted octanol–water partition coefficient (Wildman–Crippen LogP) is 1.88. The fourth-order valence-corrected chi connectivity index (χ4v) is 1.48. The first-order valence-corrected chi connectivity index (χ1v) is 5.35. The molecule has 1 unspecified atom stereocenters. The maximum absolute atomic E-state index is 13.1. The smallest absolute Gasteiger partial charge is 0.287 e. The molecule has 1 heterocycles. The molecule has 1 atom stereocenters. The fourth-order valence-electron chi connectivity index (χ4n) is 1.48. The minimum Gasteiger partial charge on any atom is -0.368 e. The van der Waals surface area contributed by atoms with Gasteiger partial charge in [-0.3, -0.25) is 4.79 Å². The van der Waals surface area contributed by atoms with Crippen LogP contribution in [0.25, 0.3) is 0 Å². The monoisotopic (exact) mass is 228 g/mol. The van der Waals surface area contributed by atoms with Crippen molar-refractivity contribution in [2.75, 3.05) is 6.61 Å². The molecule has 1 aromatic rings. The maximum atomic E-state index is 13.1.